The zero-order valence-electron chi connectivity index (χ0n) is 4.69. The Balaban J connectivity index is 2.27. The van der Waals surface area contributed by atoms with E-state index in [4.69, 9.17) is 10.4 Å². The summed E-state index contributed by atoms with van der Waals surface area (Å²) in [5, 5.41) is 3.32. The molecule has 0 fully saturated rings. The molecule has 1 heterocycles. The highest BCUT2D eigenvalue weighted by Gasteiger charge is 2.06. The van der Waals surface area contributed by atoms with Gasteiger partial charge in [-0.1, -0.05) is 5.11 Å². The molecular weight excluding hydrogens is 120 g/mol. The Morgan fingerprint density at radius 1 is 1.89 bits per heavy atom. The molecule has 1 aliphatic heterocycles. The molecule has 1 atom stereocenters. The maximum Gasteiger partial charge on any atom is 0.111 e. The van der Waals surface area contributed by atoms with Gasteiger partial charge in [0, 0.05) is 11.1 Å². The first-order valence-electron chi connectivity index (χ1n) is 2.52. The van der Waals surface area contributed by atoms with Gasteiger partial charge in [-0.3, -0.25) is 10.3 Å². The molecule has 0 radical (unpaired) electrons. The SMILES string of the molecule is [N-]=[N+]=NCC1C=CNO1. The topological polar surface area (TPSA) is 70.0 Å². The minimum absolute atomic E-state index is 0.0964. The Kier molecular flexibility index (Phi) is 1.95. The lowest BCUT2D eigenvalue weighted by molar-refractivity contribution is 0.0526. The summed E-state index contributed by atoms with van der Waals surface area (Å²) < 4.78 is 0. The van der Waals surface area contributed by atoms with Gasteiger partial charge in [0.25, 0.3) is 0 Å². The van der Waals surface area contributed by atoms with Crippen molar-refractivity contribution in [2.75, 3.05) is 6.54 Å². The highest BCUT2D eigenvalue weighted by molar-refractivity contribution is 4.92. The molecule has 0 aliphatic carbocycles. The van der Waals surface area contributed by atoms with E-state index in [1.165, 1.54) is 0 Å². The summed E-state index contributed by atoms with van der Waals surface area (Å²) in [5.74, 6) is 0. The average molecular weight is 126 g/mol. The van der Waals surface area contributed by atoms with Gasteiger partial charge in [0.1, 0.15) is 6.10 Å². The van der Waals surface area contributed by atoms with Crippen LogP contribution in [0.4, 0.5) is 0 Å². The fourth-order valence-electron chi connectivity index (χ4n) is 0.528. The molecule has 5 heteroatoms. The quantitative estimate of drug-likeness (QED) is 0.336. The van der Waals surface area contributed by atoms with Crippen LogP contribution >= 0.6 is 0 Å². The molecule has 48 valence electrons. The van der Waals surface area contributed by atoms with Gasteiger partial charge < -0.3 is 0 Å². The summed E-state index contributed by atoms with van der Waals surface area (Å²) in [6.07, 6.45) is 3.35. The van der Waals surface area contributed by atoms with Crippen molar-refractivity contribution in [2.45, 2.75) is 6.10 Å². The summed E-state index contributed by atoms with van der Waals surface area (Å²) >= 11 is 0. The molecule has 9 heavy (non-hydrogen) atoms. The molecule has 0 saturated heterocycles. The molecule has 0 aromatic heterocycles. The maximum atomic E-state index is 7.88. The van der Waals surface area contributed by atoms with Crippen molar-refractivity contribution in [3.05, 3.63) is 22.7 Å². The van der Waals surface area contributed by atoms with E-state index in [1.54, 1.807) is 12.3 Å². The minimum Gasteiger partial charge on any atom is -0.274 e. The maximum absolute atomic E-state index is 7.88. The second kappa shape index (κ2) is 2.96. The highest BCUT2D eigenvalue weighted by atomic mass is 16.7. The Bertz CT molecular complexity index is 160. The van der Waals surface area contributed by atoms with E-state index in [0.717, 1.165) is 0 Å². The van der Waals surface area contributed by atoms with Crippen LogP contribution in [0.5, 0.6) is 0 Å². The number of hydrogen-bond donors (Lipinski definition) is 1. The van der Waals surface area contributed by atoms with Crippen molar-refractivity contribution in [3.8, 4) is 0 Å². The first kappa shape index (κ1) is 5.94. The summed E-state index contributed by atoms with van der Waals surface area (Å²) in [6, 6.07) is 0. The largest absolute Gasteiger partial charge is 0.274 e. The van der Waals surface area contributed by atoms with E-state index < -0.39 is 0 Å². The molecule has 1 rings (SSSR count). The van der Waals surface area contributed by atoms with Gasteiger partial charge in [-0.25, -0.2) is 0 Å². The smallest absolute Gasteiger partial charge is 0.111 e. The van der Waals surface area contributed by atoms with Gasteiger partial charge in [0.05, 0.1) is 6.54 Å². The lowest BCUT2D eigenvalue weighted by Crippen LogP contribution is -2.12. The van der Waals surface area contributed by atoms with Crippen LogP contribution in [0.15, 0.2) is 17.4 Å². The second-order valence-electron chi connectivity index (χ2n) is 1.55. The third kappa shape index (κ3) is 1.64. The molecule has 1 aliphatic rings. The number of hydroxylamine groups is 1. The van der Waals surface area contributed by atoms with E-state index in [-0.39, 0.29) is 6.10 Å². The Hall–Kier alpha value is -1.19. The fraction of sp³-hybridized carbons (Fsp3) is 0.500. The molecule has 1 N–H and O–H groups in total. The van der Waals surface area contributed by atoms with Crippen LogP contribution < -0.4 is 5.48 Å². The van der Waals surface area contributed by atoms with E-state index in [0.29, 0.717) is 6.54 Å². The number of rotatable bonds is 2. The summed E-state index contributed by atoms with van der Waals surface area (Å²) in [4.78, 5) is 7.41. The molecule has 0 spiro atoms. The van der Waals surface area contributed by atoms with Gasteiger partial charge in [0.15, 0.2) is 0 Å². The summed E-state index contributed by atoms with van der Waals surface area (Å²) in [5.41, 5.74) is 10.4. The zero-order valence-corrected chi connectivity index (χ0v) is 4.69. The van der Waals surface area contributed by atoms with Gasteiger partial charge >= 0.3 is 0 Å². The van der Waals surface area contributed by atoms with Gasteiger partial charge in [-0.15, -0.1) is 0 Å². The third-order valence-corrected chi connectivity index (χ3v) is 0.923. The second-order valence-corrected chi connectivity index (χ2v) is 1.55. The van der Waals surface area contributed by atoms with Crippen molar-refractivity contribution in [3.63, 3.8) is 0 Å². The minimum atomic E-state index is -0.0964. The Labute approximate surface area is 51.9 Å². The van der Waals surface area contributed by atoms with E-state index in [1.807, 2.05) is 0 Å². The highest BCUT2D eigenvalue weighted by Crippen LogP contribution is 1.98. The molecule has 0 aromatic rings. The predicted octanol–water partition coefficient (Wildman–Crippen LogP) is 0.714. The number of azide groups is 1. The molecule has 0 amide bonds. The first-order valence-corrected chi connectivity index (χ1v) is 2.52. The van der Waals surface area contributed by atoms with Gasteiger partial charge in [0.2, 0.25) is 0 Å². The number of nitrogens with one attached hydrogen (secondary N) is 1. The number of hydrogen-bond acceptors (Lipinski definition) is 3. The van der Waals surface area contributed by atoms with E-state index in [9.17, 15) is 0 Å². The van der Waals surface area contributed by atoms with Gasteiger partial charge in [-0.2, -0.15) is 0 Å². The van der Waals surface area contributed by atoms with E-state index in [2.05, 4.69) is 15.5 Å². The lowest BCUT2D eigenvalue weighted by atomic mass is 10.4. The van der Waals surface area contributed by atoms with Gasteiger partial charge in [-0.05, 0) is 11.6 Å². The summed E-state index contributed by atoms with van der Waals surface area (Å²) in [6.45, 7) is 0.347. The first-order chi connectivity index (χ1) is 4.43. The van der Waals surface area contributed by atoms with Crippen LogP contribution in [0.2, 0.25) is 0 Å². The molecule has 1 unspecified atom stereocenters. The average Bonchev–Trinajstić information content (AvgIpc) is 2.34. The molecule has 5 nitrogen and oxygen atoms in total. The van der Waals surface area contributed by atoms with Crippen LogP contribution in [0.3, 0.4) is 0 Å². The third-order valence-electron chi connectivity index (χ3n) is 0.923. The van der Waals surface area contributed by atoms with Crippen molar-refractivity contribution >= 4 is 0 Å². The molecule has 0 aromatic carbocycles. The summed E-state index contributed by atoms with van der Waals surface area (Å²) in [7, 11) is 0. The lowest BCUT2D eigenvalue weighted by Gasteiger charge is -1.99. The molecule has 0 bridgehead atoms. The van der Waals surface area contributed by atoms with Crippen LogP contribution in [0.1, 0.15) is 0 Å². The Morgan fingerprint density at radius 3 is 3.33 bits per heavy atom. The van der Waals surface area contributed by atoms with Crippen molar-refractivity contribution in [2.24, 2.45) is 5.11 Å². The fourth-order valence-corrected chi connectivity index (χ4v) is 0.528. The van der Waals surface area contributed by atoms with Crippen molar-refractivity contribution < 1.29 is 4.84 Å². The molecular formula is C4H6N4O. The Morgan fingerprint density at radius 2 is 2.78 bits per heavy atom. The van der Waals surface area contributed by atoms with Crippen molar-refractivity contribution in [1.29, 1.82) is 0 Å². The van der Waals surface area contributed by atoms with Crippen LogP contribution in [-0.2, 0) is 4.84 Å². The van der Waals surface area contributed by atoms with Crippen LogP contribution in [0.25, 0.3) is 10.4 Å². The monoisotopic (exact) mass is 126 g/mol. The van der Waals surface area contributed by atoms with Crippen molar-refractivity contribution in [1.82, 2.24) is 5.48 Å². The normalized spacial score (nSPS) is 22.9. The zero-order chi connectivity index (χ0) is 6.53. The van der Waals surface area contributed by atoms with E-state index >= 15 is 0 Å². The van der Waals surface area contributed by atoms with Crippen LogP contribution in [0, 0.1) is 0 Å². The predicted molar refractivity (Wildman–Crippen MR) is 31.2 cm³/mol. The molecule has 0 saturated carbocycles. The number of nitrogens with zero attached hydrogens (tertiary/aromatic N) is 3. The standard InChI is InChI=1S/C4H6N4O/c5-8-6-3-4-1-2-7-9-4/h1-2,4,7H,3H2. The van der Waals surface area contributed by atoms with Crippen LogP contribution in [-0.4, -0.2) is 12.6 Å².